The molecule has 0 unspecified atom stereocenters. The average Bonchev–Trinajstić information content (AvgIpc) is 2.87. The summed E-state index contributed by atoms with van der Waals surface area (Å²) < 4.78 is 5.84. The molecule has 1 aromatic heterocycles. The zero-order valence-electron chi connectivity index (χ0n) is 11.1. The number of aromatic nitrogens is 1. The molecule has 0 fully saturated rings. The molecule has 0 saturated carbocycles. The lowest BCUT2D eigenvalue weighted by molar-refractivity contribution is 0.463. The van der Waals surface area contributed by atoms with Gasteiger partial charge in [0.1, 0.15) is 11.6 Å². The number of ether oxygens (including phenoxy) is 1. The summed E-state index contributed by atoms with van der Waals surface area (Å²) in [6.45, 7) is 2.91. The van der Waals surface area contributed by atoms with Gasteiger partial charge in [-0.1, -0.05) is 12.1 Å². The fourth-order valence-electron chi connectivity index (χ4n) is 2.48. The Morgan fingerprint density at radius 1 is 1.16 bits per heavy atom. The van der Waals surface area contributed by atoms with Crippen LogP contribution >= 0.6 is 0 Å². The summed E-state index contributed by atoms with van der Waals surface area (Å²) in [5.74, 6) is 2.36. The molecule has 98 valence electrons. The molecule has 3 rings (SSSR count). The predicted molar refractivity (Wildman–Crippen MR) is 76.9 cm³/mol. The lowest BCUT2D eigenvalue weighted by Crippen LogP contribution is -1.99. The van der Waals surface area contributed by atoms with E-state index in [0.717, 1.165) is 24.5 Å². The first kappa shape index (κ1) is 12.0. The second kappa shape index (κ2) is 5.31. The highest BCUT2D eigenvalue weighted by atomic mass is 16.5. The lowest BCUT2D eigenvalue weighted by Gasteiger charge is -2.08. The van der Waals surface area contributed by atoms with Gasteiger partial charge in [0.15, 0.2) is 0 Å². The van der Waals surface area contributed by atoms with Crippen molar-refractivity contribution in [1.29, 1.82) is 0 Å². The van der Waals surface area contributed by atoms with E-state index in [-0.39, 0.29) is 0 Å². The molecule has 1 aromatic carbocycles. The standard InChI is InChI=1S/C16H18N2O/c1-2-17-15-7-4-8-16(18-15)19-14-10-9-12-5-3-6-13(12)11-14/h4,7-11H,2-3,5-6H2,1H3,(H,17,18). The Morgan fingerprint density at radius 3 is 2.95 bits per heavy atom. The number of aryl methyl sites for hydroxylation is 2. The number of hydrogen-bond acceptors (Lipinski definition) is 3. The largest absolute Gasteiger partial charge is 0.439 e. The SMILES string of the molecule is CCNc1cccc(Oc2ccc3c(c2)CCC3)n1. The molecule has 0 saturated heterocycles. The van der Waals surface area contributed by atoms with E-state index in [9.17, 15) is 0 Å². The van der Waals surface area contributed by atoms with Crippen LogP contribution in [0.5, 0.6) is 11.6 Å². The van der Waals surface area contributed by atoms with Crippen LogP contribution in [0, 0.1) is 0 Å². The Morgan fingerprint density at radius 2 is 2.05 bits per heavy atom. The second-order valence-electron chi connectivity index (χ2n) is 4.78. The Kier molecular flexibility index (Phi) is 3.36. The van der Waals surface area contributed by atoms with Gasteiger partial charge in [-0.2, -0.15) is 4.98 Å². The molecule has 0 bridgehead atoms. The number of anilines is 1. The van der Waals surface area contributed by atoms with Gasteiger partial charge in [0.25, 0.3) is 0 Å². The van der Waals surface area contributed by atoms with Crippen molar-refractivity contribution >= 4 is 5.82 Å². The number of pyridine rings is 1. The highest BCUT2D eigenvalue weighted by molar-refractivity contribution is 5.41. The van der Waals surface area contributed by atoms with E-state index in [4.69, 9.17) is 4.74 Å². The second-order valence-corrected chi connectivity index (χ2v) is 4.78. The van der Waals surface area contributed by atoms with Crippen LogP contribution in [0.25, 0.3) is 0 Å². The highest BCUT2D eigenvalue weighted by Gasteiger charge is 2.11. The monoisotopic (exact) mass is 254 g/mol. The van der Waals surface area contributed by atoms with Crippen molar-refractivity contribution in [3.05, 3.63) is 47.5 Å². The first-order chi connectivity index (χ1) is 9.35. The van der Waals surface area contributed by atoms with Crippen LogP contribution in [-0.2, 0) is 12.8 Å². The smallest absolute Gasteiger partial charge is 0.221 e. The molecule has 1 heterocycles. The van der Waals surface area contributed by atoms with Gasteiger partial charge in [0.05, 0.1) is 0 Å². The molecule has 3 heteroatoms. The van der Waals surface area contributed by atoms with E-state index in [1.807, 2.05) is 24.3 Å². The van der Waals surface area contributed by atoms with Crippen molar-refractivity contribution in [1.82, 2.24) is 4.98 Å². The number of benzene rings is 1. The minimum absolute atomic E-state index is 0.636. The van der Waals surface area contributed by atoms with Gasteiger partial charge in [0.2, 0.25) is 5.88 Å². The van der Waals surface area contributed by atoms with Crippen molar-refractivity contribution in [3.63, 3.8) is 0 Å². The fraction of sp³-hybridized carbons (Fsp3) is 0.312. The van der Waals surface area contributed by atoms with Crippen molar-refractivity contribution in [2.75, 3.05) is 11.9 Å². The van der Waals surface area contributed by atoms with E-state index in [1.165, 1.54) is 24.0 Å². The first-order valence-corrected chi connectivity index (χ1v) is 6.86. The topological polar surface area (TPSA) is 34.1 Å². The van der Waals surface area contributed by atoms with Gasteiger partial charge in [0, 0.05) is 12.6 Å². The van der Waals surface area contributed by atoms with Gasteiger partial charge < -0.3 is 10.1 Å². The molecule has 19 heavy (non-hydrogen) atoms. The van der Waals surface area contributed by atoms with Crippen molar-refractivity contribution < 1.29 is 4.74 Å². The molecule has 1 aliphatic rings. The number of nitrogens with zero attached hydrogens (tertiary/aromatic N) is 1. The van der Waals surface area contributed by atoms with Gasteiger partial charge in [-0.25, -0.2) is 0 Å². The quantitative estimate of drug-likeness (QED) is 0.901. The summed E-state index contributed by atoms with van der Waals surface area (Å²) in [7, 11) is 0. The first-order valence-electron chi connectivity index (χ1n) is 6.86. The zero-order chi connectivity index (χ0) is 13.1. The number of nitrogens with one attached hydrogen (secondary N) is 1. The molecule has 0 aliphatic heterocycles. The number of rotatable bonds is 4. The van der Waals surface area contributed by atoms with Crippen molar-refractivity contribution in [3.8, 4) is 11.6 Å². The van der Waals surface area contributed by atoms with E-state index < -0.39 is 0 Å². The Balaban J connectivity index is 1.79. The van der Waals surface area contributed by atoms with Gasteiger partial charge in [-0.05, 0) is 55.5 Å². The van der Waals surface area contributed by atoms with E-state index >= 15 is 0 Å². The van der Waals surface area contributed by atoms with E-state index in [1.54, 1.807) is 0 Å². The maximum Gasteiger partial charge on any atom is 0.221 e. The van der Waals surface area contributed by atoms with Crippen LogP contribution in [0.15, 0.2) is 36.4 Å². The third-order valence-electron chi connectivity index (χ3n) is 3.37. The molecule has 0 radical (unpaired) electrons. The van der Waals surface area contributed by atoms with Crippen LogP contribution in [0.4, 0.5) is 5.82 Å². The zero-order valence-corrected chi connectivity index (χ0v) is 11.1. The third-order valence-corrected chi connectivity index (χ3v) is 3.37. The Hall–Kier alpha value is -2.03. The lowest BCUT2D eigenvalue weighted by atomic mass is 10.1. The Labute approximate surface area is 113 Å². The highest BCUT2D eigenvalue weighted by Crippen LogP contribution is 2.28. The molecule has 2 aromatic rings. The summed E-state index contributed by atoms with van der Waals surface area (Å²) in [5, 5.41) is 3.18. The fourth-order valence-corrected chi connectivity index (χ4v) is 2.48. The summed E-state index contributed by atoms with van der Waals surface area (Å²) >= 11 is 0. The minimum atomic E-state index is 0.636. The molecule has 0 spiro atoms. The van der Waals surface area contributed by atoms with Gasteiger partial charge in [-0.15, -0.1) is 0 Å². The third kappa shape index (κ3) is 2.70. The summed E-state index contributed by atoms with van der Waals surface area (Å²) in [6, 6.07) is 12.1. The van der Waals surface area contributed by atoms with E-state index in [0.29, 0.717) is 5.88 Å². The van der Waals surface area contributed by atoms with E-state index in [2.05, 4.69) is 29.4 Å². The Bertz CT molecular complexity index is 581. The van der Waals surface area contributed by atoms with Crippen LogP contribution in [0.2, 0.25) is 0 Å². The number of hydrogen-bond donors (Lipinski definition) is 1. The predicted octanol–water partition coefficient (Wildman–Crippen LogP) is 3.79. The molecule has 0 atom stereocenters. The maximum atomic E-state index is 5.84. The van der Waals surface area contributed by atoms with Crippen LogP contribution in [0.3, 0.4) is 0 Å². The molecule has 3 nitrogen and oxygen atoms in total. The normalized spacial score (nSPS) is 13.1. The van der Waals surface area contributed by atoms with Crippen molar-refractivity contribution in [2.45, 2.75) is 26.2 Å². The summed E-state index contributed by atoms with van der Waals surface area (Å²) in [4.78, 5) is 4.42. The molecular weight excluding hydrogens is 236 g/mol. The van der Waals surface area contributed by atoms with Crippen LogP contribution in [-0.4, -0.2) is 11.5 Å². The molecule has 1 N–H and O–H groups in total. The van der Waals surface area contributed by atoms with Crippen LogP contribution < -0.4 is 10.1 Å². The van der Waals surface area contributed by atoms with Crippen molar-refractivity contribution in [2.24, 2.45) is 0 Å². The molecule has 1 aliphatic carbocycles. The van der Waals surface area contributed by atoms with Crippen LogP contribution in [0.1, 0.15) is 24.5 Å². The minimum Gasteiger partial charge on any atom is -0.439 e. The van der Waals surface area contributed by atoms with Gasteiger partial charge >= 0.3 is 0 Å². The molecule has 0 amide bonds. The summed E-state index contributed by atoms with van der Waals surface area (Å²) in [5.41, 5.74) is 2.88. The summed E-state index contributed by atoms with van der Waals surface area (Å²) in [6.07, 6.45) is 3.62. The average molecular weight is 254 g/mol. The van der Waals surface area contributed by atoms with Gasteiger partial charge in [-0.3, -0.25) is 0 Å². The maximum absolute atomic E-state index is 5.84. The molecular formula is C16H18N2O. The number of fused-ring (bicyclic) bond motifs is 1.